The van der Waals surface area contributed by atoms with Gasteiger partial charge in [-0.2, -0.15) is 5.10 Å². The lowest BCUT2D eigenvalue weighted by atomic mass is 10.2. The Morgan fingerprint density at radius 1 is 1.24 bits per heavy atom. The van der Waals surface area contributed by atoms with Crippen molar-refractivity contribution in [3.05, 3.63) is 29.8 Å². The third-order valence-electron chi connectivity index (χ3n) is 2.51. The molecule has 0 spiro atoms. The molecule has 0 aliphatic heterocycles. The van der Waals surface area contributed by atoms with Crippen molar-refractivity contribution in [1.82, 2.24) is 5.43 Å². The minimum Gasteiger partial charge on any atom is -0.493 e. The fourth-order valence-corrected chi connectivity index (χ4v) is 1.56. The number of unbranched alkanes of at least 4 members (excludes halogenated alkanes) is 3. The summed E-state index contributed by atoms with van der Waals surface area (Å²) in [6.07, 6.45) is 6.67. The van der Waals surface area contributed by atoms with Crippen LogP contribution in [0.4, 0.5) is 0 Å². The van der Waals surface area contributed by atoms with E-state index < -0.39 is 0 Å². The molecule has 1 aromatic carbocycles. The van der Waals surface area contributed by atoms with Crippen molar-refractivity contribution in [3.8, 4) is 5.75 Å². The molecule has 0 aromatic heterocycles. The molecular weight excluding hydrogens is 212 g/mol. The largest absolute Gasteiger partial charge is 0.493 e. The Kier molecular flexibility index (Phi) is 6.87. The first-order chi connectivity index (χ1) is 8.38. The van der Waals surface area contributed by atoms with Gasteiger partial charge in [0.05, 0.1) is 12.8 Å². The zero-order chi connectivity index (χ0) is 12.3. The van der Waals surface area contributed by atoms with Crippen LogP contribution in [0.3, 0.4) is 0 Å². The zero-order valence-corrected chi connectivity index (χ0v) is 10.8. The van der Waals surface area contributed by atoms with Gasteiger partial charge in [-0.15, -0.1) is 0 Å². The van der Waals surface area contributed by atoms with Gasteiger partial charge in [0.1, 0.15) is 5.75 Å². The van der Waals surface area contributed by atoms with Crippen LogP contribution in [-0.2, 0) is 0 Å². The first-order valence-electron chi connectivity index (χ1n) is 6.30. The van der Waals surface area contributed by atoms with Crippen LogP contribution in [0.1, 0.15) is 38.2 Å². The summed E-state index contributed by atoms with van der Waals surface area (Å²) in [5, 5.41) is 4.01. The number of benzene rings is 1. The monoisotopic (exact) mass is 234 g/mol. The summed E-state index contributed by atoms with van der Waals surface area (Å²) >= 11 is 0. The topological polar surface area (TPSA) is 33.6 Å². The average Bonchev–Trinajstić information content (AvgIpc) is 2.37. The number of nitrogens with zero attached hydrogens (tertiary/aromatic N) is 1. The molecule has 0 aliphatic rings. The lowest BCUT2D eigenvalue weighted by Gasteiger charge is -2.08. The SMILES string of the molecule is CCCCCCOc1ccccc1/C=N/NC. The second-order valence-electron chi connectivity index (χ2n) is 3.93. The maximum absolute atomic E-state index is 5.76. The minimum atomic E-state index is 0.782. The van der Waals surface area contributed by atoms with Gasteiger partial charge >= 0.3 is 0 Å². The van der Waals surface area contributed by atoms with Crippen molar-refractivity contribution in [2.24, 2.45) is 5.10 Å². The maximum atomic E-state index is 5.76. The molecule has 1 N–H and O–H groups in total. The average molecular weight is 234 g/mol. The number of nitrogens with one attached hydrogen (secondary N) is 1. The third-order valence-corrected chi connectivity index (χ3v) is 2.51. The summed E-state index contributed by atoms with van der Waals surface area (Å²) in [6.45, 7) is 2.99. The highest BCUT2D eigenvalue weighted by atomic mass is 16.5. The van der Waals surface area contributed by atoms with E-state index in [9.17, 15) is 0 Å². The van der Waals surface area contributed by atoms with E-state index in [1.165, 1.54) is 19.3 Å². The van der Waals surface area contributed by atoms with Crippen molar-refractivity contribution < 1.29 is 4.74 Å². The highest BCUT2D eigenvalue weighted by Crippen LogP contribution is 2.16. The van der Waals surface area contributed by atoms with Gasteiger partial charge in [0, 0.05) is 12.6 Å². The van der Waals surface area contributed by atoms with Crippen LogP contribution < -0.4 is 10.2 Å². The van der Waals surface area contributed by atoms with Crippen molar-refractivity contribution >= 4 is 6.21 Å². The van der Waals surface area contributed by atoms with E-state index in [0.29, 0.717) is 0 Å². The Balaban J connectivity index is 2.43. The summed E-state index contributed by atoms with van der Waals surface area (Å²) in [6, 6.07) is 7.96. The normalized spacial score (nSPS) is 10.7. The third kappa shape index (κ3) is 5.38. The van der Waals surface area contributed by atoms with Gasteiger partial charge < -0.3 is 10.2 Å². The fraction of sp³-hybridized carbons (Fsp3) is 0.500. The van der Waals surface area contributed by atoms with E-state index in [2.05, 4.69) is 17.5 Å². The van der Waals surface area contributed by atoms with E-state index in [1.807, 2.05) is 24.3 Å². The van der Waals surface area contributed by atoms with Crippen molar-refractivity contribution in [1.29, 1.82) is 0 Å². The molecule has 0 saturated heterocycles. The lowest BCUT2D eigenvalue weighted by Crippen LogP contribution is -2.01. The van der Waals surface area contributed by atoms with Gasteiger partial charge in [0.2, 0.25) is 0 Å². The van der Waals surface area contributed by atoms with Crippen molar-refractivity contribution in [2.45, 2.75) is 32.6 Å². The molecule has 3 heteroatoms. The van der Waals surface area contributed by atoms with Crippen LogP contribution >= 0.6 is 0 Å². The maximum Gasteiger partial charge on any atom is 0.128 e. The molecule has 0 unspecified atom stereocenters. The van der Waals surface area contributed by atoms with Crippen molar-refractivity contribution in [3.63, 3.8) is 0 Å². The van der Waals surface area contributed by atoms with Crippen LogP contribution in [0, 0.1) is 0 Å². The molecule has 0 fully saturated rings. The van der Waals surface area contributed by atoms with Crippen LogP contribution in [0.2, 0.25) is 0 Å². The number of hydrogen-bond acceptors (Lipinski definition) is 3. The molecule has 17 heavy (non-hydrogen) atoms. The molecular formula is C14H22N2O. The second kappa shape index (κ2) is 8.62. The number of para-hydroxylation sites is 1. The molecule has 0 atom stereocenters. The summed E-state index contributed by atoms with van der Waals surface area (Å²) in [4.78, 5) is 0. The second-order valence-corrected chi connectivity index (χ2v) is 3.93. The Morgan fingerprint density at radius 2 is 2.06 bits per heavy atom. The first kappa shape index (κ1) is 13.6. The Morgan fingerprint density at radius 3 is 2.82 bits per heavy atom. The summed E-state index contributed by atoms with van der Waals surface area (Å²) in [5.74, 6) is 0.906. The quantitative estimate of drug-likeness (QED) is 0.426. The van der Waals surface area contributed by atoms with Crippen LogP contribution in [0.25, 0.3) is 0 Å². The van der Waals surface area contributed by atoms with E-state index in [-0.39, 0.29) is 0 Å². The van der Waals surface area contributed by atoms with Gasteiger partial charge in [-0.05, 0) is 18.6 Å². The molecule has 0 aliphatic carbocycles. The molecule has 1 aromatic rings. The zero-order valence-electron chi connectivity index (χ0n) is 10.8. The van der Waals surface area contributed by atoms with E-state index in [0.717, 1.165) is 24.3 Å². The number of ether oxygens (including phenoxy) is 1. The summed E-state index contributed by atoms with van der Waals surface area (Å²) in [7, 11) is 1.78. The smallest absolute Gasteiger partial charge is 0.128 e. The molecule has 0 saturated carbocycles. The predicted molar refractivity (Wildman–Crippen MR) is 72.7 cm³/mol. The number of rotatable bonds is 8. The minimum absolute atomic E-state index is 0.782. The van der Waals surface area contributed by atoms with E-state index in [4.69, 9.17) is 4.74 Å². The van der Waals surface area contributed by atoms with E-state index >= 15 is 0 Å². The summed E-state index contributed by atoms with van der Waals surface area (Å²) < 4.78 is 5.76. The Labute approximate surface area is 104 Å². The van der Waals surface area contributed by atoms with Gasteiger partial charge in [-0.1, -0.05) is 38.3 Å². The molecule has 3 nitrogen and oxygen atoms in total. The molecule has 0 radical (unpaired) electrons. The van der Waals surface area contributed by atoms with Gasteiger partial charge in [-0.3, -0.25) is 0 Å². The fourth-order valence-electron chi connectivity index (χ4n) is 1.56. The van der Waals surface area contributed by atoms with E-state index in [1.54, 1.807) is 13.3 Å². The molecule has 0 heterocycles. The van der Waals surface area contributed by atoms with Crippen molar-refractivity contribution in [2.75, 3.05) is 13.7 Å². The summed E-state index contributed by atoms with van der Waals surface area (Å²) in [5.41, 5.74) is 3.75. The van der Waals surface area contributed by atoms with Gasteiger partial charge in [0.25, 0.3) is 0 Å². The van der Waals surface area contributed by atoms with Gasteiger partial charge in [-0.25, -0.2) is 0 Å². The van der Waals surface area contributed by atoms with Gasteiger partial charge in [0.15, 0.2) is 0 Å². The first-order valence-corrected chi connectivity index (χ1v) is 6.30. The number of hydrogen-bond donors (Lipinski definition) is 1. The Hall–Kier alpha value is -1.51. The lowest BCUT2D eigenvalue weighted by molar-refractivity contribution is 0.304. The standard InChI is InChI=1S/C14H22N2O/c1-3-4-5-8-11-17-14-10-7-6-9-13(14)12-16-15-2/h6-7,9-10,12,15H,3-5,8,11H2,1-2H3/b16-12+. The molecule has 1 rings (SSSR count). The highest BCUT2D eigenvalue weighted by molar-refractivity contribution is 5.83. The molecule has 94 valence electrons. The number of hydrazone groups is 1. The predicted octanol–water partition coefficient (Wildman–Crippen LogP) is 3.20. The highest BCUT2D eigenvalue weighted by Gasteiger charge is 1.99. The van der Waals surface area contributed by atoms with Crippen LogP contribution in [0.5, 0.6) is 5.75 Å². The molecule has 0 amide bonds. The van der Waals surface area contributed by atoms with Crippen LogP contribution in [0.15, 0.2) is 29.4 Å². The van der Waals surface area contributed by atoms with Crippen LogP contribution in [-0.4, -0.2) is 19.9 Å². The Bertz CT molecular complexity index is 337. The molecule has 0 bridgehead atoms.